The molecule has 148 valence electrons. The van der Waals surface area contributed by atoms with Crippen LogP contribution in [0.15, 0.2) is 24.3 Å². The van der Waals surface area contributed by atoms with Crippen molar-refractivity contribution in [3.63, 3.8) is 0 Å². The Balaban J connectivity index is 1.25. The summed E-state index contributed by atoms with van der Waals surface area (Å²) in [5, 5.41) is 3.08. The van der Waals surface area contributed by atoms with Gasteiger partial charge in [0.1, 0.15) is 0 Å². The lowest BCUT2D eigenvalue weighted by molar-refractivity contribution is 0.105. The Morgan fingerprint density at radius 3 is 2.04 bits per heavy atom. The van der Waals surface area contributed by atoms with E-state index in [4.69, 9.17) is 0 Å². The van der Waals surface area contributed by atoms with E-state index in [9.17, 15) is 4.79 Å². The second-order valence-electron chi connectivity index (χ2n) is 8.34. The zero-order valence-corrected chi connectivity index (χ0v) is 16.5. The Kier molecular flexibility index (Phi) is 6.17. The summed E-state index contributed by atoms with van der Waals surface area (Å²) < 4.78 is 0. The molecule has 2 saturated heterocycles. The maximum Gasteiger partial charge on any atom is 0.321 e. The van der Waals surface area contributed by atoms with Crippen molar-refractivity contribution in [1.82, 2.24) is 9.80 Å². The number of carbonyl (C=O) groups is 1. The molecule has 1 aromatic rings. The average molecular weight is 371 g/mol. The maximum atomic E-state index is 12.6. The van der Waals surface area contributed by atoms with Crippen molar-refractivity contribution in [3.05, 3.63) is 24.3 Å². The molecular formula is C22H34N4O. The molecule has 0 aromatic heterocycles. The van der Waals surface area contributed by atoms with Gasteiger partial charge >= 0.3 is 6.03 Å². The van der Waals surface area contributed by atoms with Gasteiger partial charge in [0.15, 0.2) is 0 Å². The molecule has 2 heterocycles. The summed E-state index contributed by atoms with van der Waals surface area (Å²) in [6, 6.07) is 9.12. The van der Waals surface area contributed by atoms with Crippen molar-refractivity contribution in [3.8, 4) is 0 Å². The third kappa shape index (κ3) is 4.75. The summed E-state index contributed by atoms with van der Waals surface area (Å²) in [5.74, 6) is 0. The lowest BCUT2D eigenvalue weighted by Gasteiger charge is -2.39. The van der Waals surface area contributed by atoms with E-state index >= 15 is 0 Å². The topological polar surface area (TPSA) is 38.8 Å². The zero-order chi connectivity index (χ0) is 18.5. The molecule has 0 unspecified atom stereocenters. The van der Waals surface area contributed by atoms with Crippen LogP contribution in [-0.4, -0.2) is 61.1 Å². The summed E-state index contributed by atoms with van der Waals surface area (Å²) >= 11 is 0. The van der Waals surface area contributed by atoms with Crippen LogP contribution >= 0.6 is 0 Å². The third-order valence-electron chi connectivity index (χ3n) is 6.53. The minimum atomic E-state index is 0.0458. The van der Waals surface area contributed by atoms with E-state index in [2.05, 4.69) is 27.2 Å². The van der Waals surface area contributed by atoms with Gasteiger partial charge < -0.3 is 15.1 Å². The van der Waals surface area contributed by atoms with Gasteiger partial charge in [0, 0.05) is 56.7 Å². The zero-order valence-electron chi connectivity index (χ0n) is 16.5. The number of rotatable bonds is 3. The third-order valence-corrected chi connectivity index (χ3v) is 6.53. The largest absolute Gasteiger partial charge is 0.372 e. The number of piperazine rings is 1. The van der Waals surface area contributed by atoms with Crippen molar-refractivity contribution >= 4 is 17.4 Å². The molecular weight excluding hydrogens is 336 g/mol. The molecule has 1 aliphatic carbocycles. The van der Waals surface area contributed by atoms with Gasteiger partial charge in [-0.2, -0.15) is 0 Å². The van der Waals surface area contributed by atoms with Crippen LogP contribution in [-0.2, 0) is 0 Å². The first-order valence-corrected chi connectivity index (χ1v) is 10.9. The lowest BCUT2D eigenvalue weighted by Crippen LogP contribution is -2.52. The second kappa shape index (κ2) is 8.96. The highest BCUT2D eigenvalue weighted by molar-refractivity contribution is 5.89. The molecule has 3 fully saturated rings. The Labute approximate surface area is 163 Å². The van der Waals surface area contributed by atoms with Gasteiger partial charge in [-0.05, 0) is 49.9 Å². The summed E-state index contributed by atoms with van der Waals surface area (Å²) in [5.41, 5.74) is 2.16. The fourth-order valence-electron chi connectivity index (χ4n) is 4.85. The predicted octanol–water partition coefficient (Wildman–Crippen LogP) is 4.16. The van der Waals surface area contributed by atoms with Crippen LogP contribution in [0.5, 0.6) is 0 Å². The van der Waals surface area contributed by atoms with Crippen molar-refractivity contribution < 1.29 is 4.79 Å². The highest BCUT2D eigenvalue weighted by atomic mass is 16.2. The first-order chi connectivity index (χ1) is 13.3. The quantitative estimate of drug-likeness (QED) is 0.812. The molecule has 2 aliphatic heterocycles. The molecule has 5 heteroatoms. The van der Waals surface area contributed by atoms with Crippen LogP contribution in [0.1, 0.15) is 51.4 Å². The molecule has 4 rings (SSSR count). The van der Waals surface area contributed by atoms with E-state index in [0.29, 0.717) is 0 Å². The van der Waals surface area contributed by atoms with E-state index in [0.717, 1.165) is 51.0 Å². The molecule has 0 spiro atoms. The highest BCUT2D eigenvalue weighted by Crippen LogP contribution is 2.24. The van der Waals surface area contributed by atoms with Crippen molar-refractivity contribution in [1.29, 1.82) is 0 Å². The van der Waals surface area contributed by atoms with Crippen LogP contribution < -0.4 is 10.2 Å². The average Bonchev–Trinajstić information content (AvgIpc) is 3.11. The highest BCUT2D eigenvalue weighted by Gasteiger charge is 2.26. The van der Waals surface area contributed by atoms with Gasteiger partial charge in [-0.15, -0.1) is 0 Å². The molecule has 2 amide bonds. The molecule has 1 N–H and O–H groups in total. The lowest BCUT2D eigenvalue weighted by atomic mass is 10.1. The van der Waals surface area contributed by atoms with E-state index in [1.54, 1.807) is 0 Å². The van der Waals surface area contributed by atoms with Crippen molar-refractivity contribution in [2.24, 2.45) is 0 Å². The van der Waals surface area contributed by atoms with Gasteiger partial charge in [-0.25, -0.2) is 4.79 Å². The minimum Gasteiger partial charge on any atom is -0.372 e. The maximum absolute atomic E-state index is 12.6. The van der Waals surface area contributed by atoms with Crippen LogP contribution in [0, 0.1) is 0 Å². The number of hydrogen-bond acceptors (Lipinski definition) is 3. The first-order valence-electron chi connectivity index (χ1n) is 10.9. The van der Waals surface area contributed by atoms with Gasteiger partial charge in [0.05, 0.1) is 0 Å². The Morgan fingerprint density at radius 1 is 0.778 bits per heavy atom. The van der Waals surface area contributed by atoms with E-state index in [1.165, 1.54) is 57.1 Å². The number of urea groups is 1. The fraction of sp³-hybridized carbons (Fsp3) is 0.682. The van der Waals surface area contributed by atoms with E-state index in [1.807, 2.05) is 17.0 Å². The summed E-state index contributed by atoms with van der Waals surface area (Å²) in [4.78, 5) is 19.6. The van der Waals surface area contributed by atoms with Gasteiger partial charge in [-0.3, -0.25) is 4.90 Å². The van der Waals surface area contributed by atoms with Crippen LogP contribution in [0.4, 0.5) is 16.2 Å². The van der Waals surface area contributed by atoms with E-state index < -0.39 is 0 Å². The van der Waals surface area contributed by atoms with E-state index in [-0.39, 0.29) is 6.03 Å². The molecule has 0 radical (unpaired) electrons. The number of anilines is 2. The van der Waals surface area contributed by atoms with Gasteiger partial charge in [-0.1, -0.05) is 25.7 Å². The van der Waals surface area contributed by atoms with Crippen LogP contribution in [0.3, 0.4) is 0 Å². The second-order valence-corrected chi connectivity index (χ2v) is 8.34. The standard InChI is InChI=1S/C22H34N4O/c27-22(23-19-9-11-21(12-10-19)24-13-5-6-14-24)26-17-15-25(16-18-26)20-7-3-1-2-4-8-20/h9-12,20H,1-8,13-18H2,(H,23,27). The molecule has 0 bridgehead atoms. The molecule has 5 nitrogen and oxygen atoms in total. The number of nitrogens with one attached hydrogen (secondary N) is 1. The number of carbonyl (C=O) groups excluding carboxylic acids is 1. The minimum absolute atomic E-state index is 0.0458. The SMILES string of the molecule is O=C(Nc1ccc(N2CCCC2)cc1)N1CCN(C2CCCCCC2)CC1. The number of hydrogen-bond donors (Lipinski definition) is 1. The molecule has 3 aliphatic rings. The Bertz CT molecular complexity index is 595. The fourth-order valence-corrected chi connectivity index (χ4v) is 4.85. The van der Waals surface area contributed by atoms with Gasteiger partial charge in [0.2, 0.25) is 0 Å². The Hall–Kier alpha value is -1.75. The number of amides is 2. The van der Waals surface area contributed by atoms with Crippen molar-refractivity contribution in [2.45, 2.75) is 57.4 Å². The molecule has 1 aromatic carbocycles. The molecule has 0 atom stereocenters. The van der Waals surface area contributed by atoms with Crippen LogP contribution in [0.2, 0.25) is 0 Å². The Morgan fingerprint density at radius 2 is 1.41 bits per heavy atom. The number of benzene rings is 1. The molecule has 1 saturated carbocycles. The van der Waals surface area contributed by atoms with Crippen molar-refractivity contribution in [2.75, 3.05) is 49.5 Å². The summed E-state index contributed by atoms with van der Waals surface area (Å²) in [6.07, 6.45) is 10.8. The number of nitrogens with zero attached hydrogens (tertiary/aromatic N) is 3. The molecule has 27 heavy (non-hydrogen) atoms. The monoisotopic (exact) mass is 370 g/mol. The van der Waals surface area contributed by atoms with Crippen LogP contribution in [0.25, 0.3) is 0 Å². The smallest absolute Gasteiger partial charge is 0.321 e. The summed E-state index contributed by atoms with van der Waals surface area (Å²) in [6.45, 7) is 6.02. The summed E-state index contributed by atoms with van der Waals surface area (Å²) in [7, 11) is 0. The predicted molar refractivity (Wildman–Crippen MR) is 112 cm³/mol. The first kappa shape index (κ1) is 18.6. The normalized spacial score (nSPS) is 22.7. The van der Waals surface area contributed by atoms with Gasteiger partial charge in [0.25, 0.3) is 0 Å².